The largest absolute Gasteiger partial charge is 0.361 e. The molecule has 0 spiro atoms. The molecule has 1 atom stereocenters. The Morgan fingerprint density at radius 1 is 1.16 bits per heavy atom. The lowest BCUT2D eigenvalue weighted by molar-refractivity contribution is -0.672. The molecule has 1 aromatic heterocycles. The number of para-hydroxylation sites is 1. The van der Waals surface area contributed by atoms with E-state index in [1.165, 1.54) is 22.0 Å². The zero-order valence-corrected chi connectivity index (χ0v) is 14.9. The van der Waals surface area contributed by atoms with Crippen LogP contribution in [0.25, 0.3) is 10.9 Å². The highest BCUT2D eigenvalue weighted by molar-refractivity contribution is 5.93. The number of benzene rings is 2. The molecule has 0 fully saturated rings. The van der Waals surface area contributed by atoms with Crippen LogP contribution in [0.5, 0.6) is 0 Å². The van der Waals surface area contributed by atoms with Crippen LogP contribution < -0.4 is 10.6 Å². The molecule has 0 radical (unpaired) electrons. The minimum Gasteiger partial charge on any atom is -0.361 e. The van der Waals surface area contributed by atoms with E-state index in [4.69, 9.17) is 0 Å². The smallest absolute Gasteiger partial charge is 0.282 e. The van der Waals surface area contributed by atoms with Crippen molar-refractivity contribution in [2.45, 2.75) is 32.7 Å². The first-order valence-corrected chi connectivity index (χ1v) is 8.95. The number of aromatic amines is 1. The number of fused-ring (bicyclic) bond motifs is 1. The number of aromatic nitrogens is 1. The number of nitrogens with one attached hydrogen (secondary N) is 2. The van der Waals surface area contributed by atoms with Crippen molar-refractivity contribution in [3.63, 3.8) is 0 Å². The average molecular weight is 336 g/mol. The summed E-state index contributed by atoms with van der Waals surface area (Å²) in [4.78, 5) is 15.6. The average Bonchev–Trinajstić information content (AvgIpc) is 3.05. The third-order valence-electron chi connectivity index (χ3n) is 4.65. The van der Waals surface area contributed by atoms with E-state index >= 15 is 0 Å². The zero-order valence-electron chi connectivity index (χ0n) is 14.9. The van der Waals surface area contributed by atoms with Gasteiger partial charge in [0, 0.05) is 29.2 Å². The van der Waals surface area contributed by atoms with Crippen LogP contribution in [0.2, 0.25) is 0 Å². The highest BCUT2D eigenvalue weighted by atomic mass is 16.2. The minimum atomic E-state index is -0.115. The van der Waals surface area contributed by atoms with E-state index in [1.807, 2.05) is 25.1 Å². The van der Waals surface area contributed by atoms with Crippen LogP contribution in [-0.4, -0.2) is 23.5 Å². The SMILES string of the molecule is CCc1ccc(NC(=O)[C@@H](C)[NH2+]CCc2c[nH]c3ccccc23)cc1. The van der Waals surface area contributed by atoms with Crippen molar-refractivity contribution in [1.29, 1.82) is 0 Å². The van der Waals surface area contributed by atoms with Crippen LogP contribution >= 0.6 is 0 Å². The van der Waals surface area contributed by atoms with Gasteiger partial charge in [0.2, 0.25) is 0 Å². The molecular formula is C21H26N3O+. The first-order valence-electron chi connectivity index (χ1n) is 8.95. The van der Waals surface area contributed by atoms with E-state index in [0.29, 0.717) is 0 Å². The number of aryl methyl sites for hydroxylation is 1. The second kappa shape index (κ2) is 7.99. The van der Waals surface area contributed by atoms with Gasteiger partial charge in [0.25, 0.3) is 5.91 Å². The number of carbonyl (C=O) groups is 1. The van der Waals surface area contributed by atoms with E-state index < -0.39 is 0 Å². The summed E-state index contributed by atoms with van der Waals surface area (Å²) in [7, 11) is 0. The van der Waals surface area contributed by atoms with E-state index in [9.17, 15) is 4.79 Å². The fourth-order valence-electron chi connectivity index (χ4n) is 3.01. The molecule has 25 heavy (non-hydrogen) atoms. The molecule has 0 bridgehead atoms. The summed E-state index contributed by atoms with van der Waals surface area (Å²) in [5.41, 5.74) is 4.60. The molecule has 0 unspecified atom stereocenters. The summed E-state index contributed by atoms with van der Waals surface area (Å²) >= 11 is 0. The third-order valence-corrected chi connectivity index (χ3v) is 4.65. The summed E-state index contributed by atoms with van der Waals surface area (Å²) in [6.07, 6.45) is 4.01. The normalized spacial score (nSPS) is 12.2. The van der Waals surface area contributed by atoms with Gasteiger partial charge in [-0.25, -0.2) is 0 Å². The number of hydrogen-bond donors (Lipinski definition) is 3. The van der Waals surface area contributed by atoms with Crippen molar-refractivity contribution >= 4 is 22.5 Å². The molecule has 0 aliphatic heterocycles. The molecular weight excluding hydrogens is 310 g/mol. The van der Waals surface area contributed by atoms with Crippen LogP contribution in [0.1, 0.15) is 25.0 Å². The van der Waals surface area contributed by atoms with E-state index in [-0.39, 0.29) is 11.9 Å². The zero-order chi connectivity index (χ0) is 17.6. The van der Waals surface area contributed by atoms with Crippen molar-refractivity contribution in [3.05, 3.63) is 65.9 Å². The van der Waals surface area contributed by atoms with Crippen molar-refractivity contribution in [3.8, 4) is 0 Å². The van der Waals surface area contributed by atoms with Gasteiger partial charge in [-0.3, -0.25) is 4.79 Å². The molecule has 0 saturated heterocycles. The van der Waals surface area contributed by atoms with Gasteiger partial charge in [-0.05, 0) is 42.7 Å². The van der Waals surface area contributed by atoms with E-state index in [1.54, 1.807) is 0 Å². The van der Waals surface area contributed by atoms with Gasteiger partial charge in [0.05, 0.1) is 6.54 Å². The van der Waals surface area contributed by atoms with Crippen molar-refractivity contribution < 1.29 is 10.1 Å². The first kappa shape index (κ1) is 17.2. The molecule has 3 rings (SSSR count). The maximum atomic E-state index is 12.3. The molecule has 4 heteroatoms. The Morgan fingerprint density at radius 3 is 2.68 bits per heavy atom. The molecule has 0 saturated carbocycles. The number of quaternary nitrogens is 1. The predicted octanol–water partition coefficient (Wildman–Crippen LogP) is 2.86. The second-order valence-electron chi connectivity index (χ2n) is 6.46. The molecule has 1 heterocycles. The number of rotatable bonds is 7. The lowest BCUT2D eigenvalue weighted by atomic mass is 10.1. The maximum Gasteiger partial charge on any atom is 0.282 e. The Labute approximate surface area is 148 Å². The van der Waals surface area contributed by atoms with Gasteiger partial charge in [-0.15, -0.1) is 0 Å². The topological polar surface area (TPSA) is 61.5 Å². The fraction of sp³-hybridized carbons (Fsp3) is 0.286. The predicted molar refractivity (Wildman–Crippen MR) is 103 cm³/mol. The lowest BCUT2D eigenvalue weighted by Crippen LogP contribution is -2.92. The summed E-state index contributed by atoms with van der Waals surface area (Å²) in [6, 6.07) is 16.3. The highest BCUT2D eigenvalue weighted by Gasteiger charge is 2.16. The Bertz CT molecular complexity index is 836. The Hall–Kier alpha value is -2.59. The summed E-state index contributed by atoms with van der Waals surface area (Å²) < 4.78 is 0. The Balaban J connectivity index is 1.49. The monoisotopic (exact) mass is 336 g/mol. The van der Waals surface area contributed by atoms with Crippen LogP contribution in [0, 0.1) is 0 Å². The van der Waals surface area contributed by atoms with Gasteiger partial charge in [-0.1, -0.05) is 37.3 Å². The molecule has 1 amide bonds. The number of nitrogens with two attached hydrogens (primary N) is 1. The van der Waals surface area contributed by atoms with Gasteiger partial charge in [0.1, 0.15) is 0 Å². The Kier molecular flexibility index (Phi) is 5.51. The number of carbonyl (C=O) groups excluding carboxylic acids is 1. The molecule has 130 valence electrons. The standard InChI is InChI=1S/C21H25N3O/c1-3-16-8-10-18(11-9-16)24-21(25)15(2)22-13-12-17-14-23-20-7-5-4-6-19(17)20/h4-11,14-15,22-23H,3,12-13H2,1-2H3,(H,24,25)/p+1/t15-/m1/s1. The van der Waals surface area contributed by atoms with Crippen molar-refractivity contribution in [2.24, 2.45) is 0 Å². The molecule has 2 aromatic carbocycles. The summed E-state index contributed by atoms with van der Waals surface area (Å²) in [6.45, 7) is 4.95. The van der Waals surface area contributed by atoms with Crippen LogP contribution in [0.15, 0.2) is 54.7 Å². The van der Waals surface area contributed by atoms with Crippen LogP contribution in [-0.2, 0) is 17.6 Å². The second-order valence-corrected chi connectivity index (χ2v) is 6.46. The summed E-state index contributed by atoms with van der Waals surface area (Å²) in [5, 5.41) is 6.35. The van der Waals surface area contributed by atoms with Gasteiger partial charge >= 0.3 is 0 Å². The molecule has 0 aliphatic carbocycles. The molecule has 3 aromatic rings. The van der Waals surface area contributed by atoms with Gasteiger partial charge < -0.3 is 15.6 Å². The van der Waals surface area contributed by atoms with Crippen molar-refractivity contribution in [1.82, 2.24) is 4.98 Å². The highest BCUT2D eigenvalue weighted by Crippen LogP contribution is 2.17. The quantitative estimate of drug-likeness (QED) is 0.610. The first-order chi connectivity index (χ1) is 12.2. The molecule has 0 aliphatic rings. The van der Waals surface area contributed by atoms with Crippen molar-refractivity contribution in [2.75, 3.05) is 11.9 Å². The number of hydrogen-bond acceptors (Lipinski definition) is 1. The number of H-pyrrole nitrogens is 1. The number of amides is 1. The minimum absolute atomic E-state index is 0.0446. The van der Waals surface area contributed by atoms with Gasteiger partial charge in [-0.2, -0.15) is 0 Å². The third kappa shape index (κ3) is 4.28. The fourth-order valence-corrected chi connectivity index (χ4v) is 3.01. The van der Waals surface area contributed by atoms with E-state index in [2.05, 4.69) is 59.1 Å². The number of anilines is 1. The molecule has 4 N–H and O–H groups in total. The Morgan fingerprint density at radius 2 is 1.92 bits per heavy atom. The van der Waals surface area contributed by atoms with Crippen LogP contribution in [0.4, 0.5) is 5.69 Å². The summed E-state index contributed by atoms with van der Waals surface area (Å²) in [5.74, 6) is 0.0446. The molecule has 4 nitrogen and oxygen atoms in total. The van der Waals surface area contributed by atoms with E-state index in [0.717, 1.165) is 25.1 Å². The van der Waals surface area contributed by atoms with Crippen LogP contribution in [0.3, 0.4) is 0 Å². The lowest BCUT2D eigenvalue weighted by Gasteiger charge is -2.11. The maximum absolute atomic E-state index is 12.3. The van der Waals surface area contributed by atoms with Gasteiger partial charge in [0.15, 0.2) is 6.04 Å².